The van der Waals surface area contributed by atoms with E-state index in [4.69, 9.17) is 0 Å². The molecular formula is C25H27FN6S. The van der Waals surface area contributed by atoms with Crippen LogP contribution < -0.4 is 10.0 Å². The Balaban J connectivity index is 0.00000149. The second-order valence-electron chi connectivity index (χ2n) is 6.70. The number of hydrogen-bond donors (Lipinski definition) is 3. The van der Waals surface area contributed by atoms with Gasteiger partial charge in [0.15, 0.2) is 0 Å². The summed E-state index contributed by atoms with van der Waals surface area (Å²) in [7, 11) is 0. The van der Waals surface area contributed by atoms with E-state index in [1.807, 2.05) is 69.3 Å². The highest BCUT2D eigenvalue weighted by molar-refractivity contribution is 7.97. The molecule has 0 amide bonds. The van der Waals surface area contributed by atoms with E-state index in [-0.39, 0.29) is 5.83 Å². The lowest BCUT2D eigenvalue weighted by Gasteiger charge is -2.10. The minimum atomic E-state index is -0.265. The van der Waals surface area contributed by atoms with Crippen molar-refractivity contribution in [1.82, 2.24) is 24.7 Å². The van der Waals surface area contributed by atoms with Crippen LogP contribution in [0.3, 0.4) is 0 Å². The maximum Gasteiger partial charge on any atom is 0.227 e. The Kier molecular flexibility index (Phi) is 8.60. The van der Waals surface area contributed by atoms with Crippen molar-refractivity contribution >= 4 is 34.6 Å². The quantitative estimate of drug-likeness (QED) is 0.200. The lowest BCUT2D eigenvalue weighted by molar-refractivity contribution is 0.627. The lowest BCUT2D eigenvalue weighted by Crippen LogP contribution is -2.02. The molecule has 3 N–H and O–H groups in total. The second kappa shape index (κ2) is 11.8. The Hall–Kier alpha value is -3.65. The predicted octanol–water partition coefficient (Wildman–Crippen LogP) is 7.16. The van der Waals surface area contributed by atoms with Crippen molar-refractivity contribution in [2.75, 3.05) is 5.32 Å². The second-order valence-corrected chi connectivity index (χ2v) is 7.58. The minimum absolute atomic E-state index is 0.265. The molecule has 0 radical (unpaired) electrons. The molecule has 4 aromatic rings. The van der Waals surface area contributed by atoms with E-state index in [0.29, 0.717) is 11.6 Å². The molecule has 0 spiro atoms. The van der Waals surface area contributed by atoms with Crippen LogP contribution in [0, 0.1) is 0 Å². The lowest BCUT2D eigenvalue weighted by atomic mass is 10.1. The summed E-state index contributed by atoms with van der Waals surface area (Å²) in [6.07, 6.45) is 6.89. The van der Waals surface area contributed by atoms with Crippen molar-refractivity contribution in [2.45, 2.75) is 32.6 Å². The summed E-state index contributed by atoms with van der Waals surface area (Å²) in [5.41, 5.74) is 4.92. The van der Waals surface area contributed by atoms with E-state index < -0.39 is 0 Å². The normalized spacial score (nSPS) is 11.7. The van der Waals surface area contributed by atoms with Crippen molar-refractivity contribution in [3.05, 3.63) is 84.7 Å². The summed E-state index contributed by atoms with van der Waals surface area (Å²) in [5.74, 6) is 0.227. The Morgan fingerprint density at radius 1 is 1.09 bits per heavy atom. The summed E-state index contributed by atoms with van der Waals surface area (Å²) in [4.78, 5) is 17.3. The number of fused-ring (bicyclic) bond motifs is 1. The van der Waals surface area contributed by atoms with E-state index in [1.54, 1.807) is 24.7 Å². The smallest absolute Gasteiger partial charge is 0.227 e. The van der Waals surface area contributed by atoms with Crippen LogP contribution in [-0.4, -0.2) is 19.9 Å². The van der Waals surface area contributed by atoms with Crippen LogP contribution in [0.25, 0.3) is 22.3 Å². The Labute approximate surface area is 197 Å². The third-order valence-electron chi connectivity index (χ3n) is 4.45. The average Bonchev–Trinajstić information content (AvgIpc) is 3.31. The number of aromatic amines is 1. The molecule has 4 rings (SSSR count). The van der Waals surface area contributed by atoms with Crippen LogP contribution in [0.15, 0.2) is 89.6 Å². The van der Waals surface area contributed by atoms with Gasteiger partial charge in [-0.1, -0.05) is 32.1 Å². The van der Waals surface area contributed by atoms with Crippen LogP contribution in [0.5, 0.6) is 0 Å². The van der Waals surface area contributed by atoms with Gasteiger partial charge in [-0.3, -0.25) is 0 Å². The number of nitrogens with one attached hydrogen (secondary N) is 3. The summed E-state index contributed by atoms with van der Waals surface area (Å²) in [6, 6.07) is 15.6. The number of allylic oxidation sites excluding steroid dienone is 3. The minimum Gasteiger partial charge on any atom is -0.345 e. The van der Waals surface area contributed by atoms with E-state index in [1.165, 1.54) is 18.9 Å². The van der Waals surface area contributed by atoms with E-state index >= 15 is 0 Å². The first-order chi connectivity index (χ1) is 16.1. The van der Waals surface area contributed by atoms with E-state index in [0.717, 1.165) is 32.9 Å². The number of halogens is 1. The molecule has 8 heteroatoms. The molecule has 33 heavy (non-hydrogen) atoms. The summed E-state index contributed by atoms with van der Waals surface area (Å²) in [6.45, 7) is 7.27. The van der Waals surface area contributed by atoms with Crippen molar-refractivity contribution in [1.29, 1.82) is 0 Å². The highest BCUT2D eigenvalue weighted by atomic mass is 32.2. The van der Waals surface area contributed by atoms with Crippen molar-refractivity contribution in [2.24, 2.45) is 0 Å². The van der Waals surface area contributed by atoms with Crippen molar-refractivity contribution in [3.63, 3.8) is 0 Å². The molecule has 0 bridgehead atoms. The first-order valence-electron chi connectivity index (χ1n) is 10.7. The van der Waals surface area contributed by atoms with Crippen LogP contribution in [-0.2, 0) is 0 Å². The molecular weight excluding hydrogens is 435 g/mol. The third-order valence-corrected chi connectivity index (χ3v) is 5.26. The fraction of sp³-hybridized carbons (Fsp3) is 0.160. The zero-order valence-corrected chi connectivity index (χ0v) is 19.9. The van der Waals surface area contributed by atoms with Gasteiger partial charge >= 0.3 is 0 Å². The number of rotatable bonds is 7. The molecule has 2 aromatic carbocycles. The monoisotopic (exact) mass is 462 g/mol. The molecule has 0 aliphatic carbocycles. The zero-order chi connectivity index (χ0) is 23.6. The summed E-state index contributed by atoms with van der Waals surface area (Å²) >= 11 is 1.33. The first-order valence-corrected chi connectivity index (χ1v) is 11.5. The van der Waals surface area contributed by atoms with Gasteiger partial charge < -0.3 is 15.0 Å². The molecule has 2 heterocycles. The van der Waals surface area contributed by atoms with E-state index in [2.05, 4.69) is 30.0 Å². The molecule has 6 nitrogen and oxygen atoms in total. The number of imidazole rings is 1. The van der Waals surface area contributed by atoms with Gasteiger partial charge in [0.25, 0.3) is 0 Å². The molecule has 0 saturated carbocycles. The number of hydrogen-bond acceptors (Lipinski definition) is 6. The number of aromatic nitrogens is 4. The van der Waals surface area contributed by atoms with Gasteiger partial charge in [-0.2, -0.15) is 0 Å². The van der Waals surface area contributed by atoms with Crippen molar-refractivity contribution < 1.29 is 4.39 Å². The molecule has 0 saturated heterocycles. The fourth-order valence-corrected chi connectivity index (χ4v) is 3.71. The third kappa shape index (κ3) is 6.43. The standard InChI is InChI=1S/C23H21FN6S.C2H6/c1-3-5-19(15(2)24)30-31-18-7-4-6-17(13-18)28-23-25-11-10-20(29-23)16-8-9-21-22(12-16)27-14-26-21;1-2/h3-14,30H,1-2H3,(H,26,27)(H,25,28,29);1-2H3/b5-3-,19-15-;. The van der Waals surface area contributed by atoms with Gasteiger partial charge in [-0.15, -0.1) is 0 Å². The Morgan fingerprint density at radius 2 is 1.94 bits per heavy atom. The zero-order valence-electron chi connectivity index (χ0n) is 19.1. The molecule has 0 fully saturated rings. The fourth-order valence-electron chi connectivity index (χ4n) is 2.94. The van der Waals surface area contributed by atoms with E-state index in [9.17, 15) is 4.39 Å². The number of anilines is 2. The van der Waals surface area contributed by atoms with Gasteiger partial charge in [0.05, 0.1) is 28.8 Å². The first kappa shape index (κ1) is 24.0. The number of benzene rings is 2. The number of nitrogens with zero attached hydrogens (tertiary/aromatic N) is 3. The number of H-pyrrole nitrogens is 1. The van der Waals surface area contributed by atoms with Crippen LogP contribution in [0.1, 0.15) is 27.7 Å². The summed E-state index contributed by atoms with van der Waals surface area (Å²) in [5, 5.41) is 3.24. The Morgan fingerprint density at radius 3 is 2.73 bits per heavy atom. The molecule has 2 aromatic heterocycles. The Bertz CT molecular complexity index is 1260. The molecule has 170 valence electrons. The summed E-state index contributed by atoms with van der Waals surface area (Å²) < 4.78 is 16.6. The molecule has 0 unspecified atom stereocenters. The predicted molar refractivity (Wildman–Crippen MR) is 136 cm³/mol. The molecule has 0 aliphatic heterocycles. The maximum atomic E-state index is 13.6. The van der Waals surface area contributed by atoms with Gasteiger partial charge in [-0.05, 0) is 68.3 Å². The van der Waals surface area contributed by atoms with Gasteiger partial charge in [-0.25, -0.2) is 19.3 Å². The van der Waals surface area contributed by atoms with Gasteiger partial charge in [0.1, 0.15) is 5.83 Å². The van der Waals surface area contributed by atoms with Crippen LogP contribution in [0.2, 0.25) is 0 Å². The topological polar surface area (TPSA) is 78.5 Å². The maximum absolute atomic E-state index is 13.6. The molecule has 0 atom stereocenters. The largest absolute Gasteiger partial charge is 0.345 e. The van der Waals surface area contributed by atoms with Crippen LogP contribution >= 0.6 is 11.9 Å². The average molecular weight is 463 g/mol. The highest BCUT2D eigenvalue weighted by Gasteiger charge is 2.06. The highest BCUT2D eigenvalue weighted by Crippen LogP contribution is 2.25. The van der Waals surface area contributed by atoms with Crippen molar-refractivity contribution in [3.8, 4) is 11.3 Å². The van der Waals surface area contributed by atoms with Gasteiger partial charge in [0.2, 0.25) is 5.95 Å². The molecule has 0 aliphatic rings. The van der Waals surface area contributed by atoms with Crippen LogP contribution in [0.4, 0.5) is 16.0 Å². The SMILES string of the molecule is C/C=C\C(NSc1cccc(Nc2nccc(-c3ccc4nc[nH]c4c3)n2)c1)=C(/C)F.CC. The van der Waals surface area contributed by atoms with Gasteiger partial charge in [0, 0.05) is 22.3 Å².